The van der Waals surface area contributed by atoms with E-state index in [1.807, 2.05) is 42.5 Å². The average molecular weight is 274 g/mol. The zero-order valence-electron chi connectivity index (χ0n) is 11.7. The van der Waals surface area contributed by atoms with Crippen LogP contribution in [0.2, 0.25) is 0 Å². The summed E-state index contributed by atoms with van der Waals surface area (Å²) in [5, 5.41) is 2.18. The van der Waals surface area contributed by atoms with Gasteiger partial charge in [0.25, 0.3) is 0 Å². The van der Waals surface area contributed by atoms with Crippen molar-refractivity contribution in [3.63, 3.8) is 0 Å². The van der Waals surface area contributed by atoms with Crippen molar-refractivity contribution in [1.29, 1.82) is 0 Å². The van der Waals surface area contributed by atoms with Gasteiger partial charge in [0.1, 0.15) is 25.1 Å². The Morgan fingerprint density at radius 1 is 1.10 bits per heavy atom. The highest BCUT2D eigenvalue weighted by molar-refractivity contribution is 5.88. The molecule has 2 aromatic carbocycles. The Balaban J connectivity index is 2.02. The molecular weight excluding hydrogens is 256 g/mol. The third-order valence-corrected chi connectivity index (χ3v) is 2.98. The summed E-state index contributed by atoms with van der Waals surface area (Å²) in [5.74, 6) is 0.477. The number of hydrogen-bond donors (Lipinski definition) is 0. The van der Waals surface area contributed by atoms with Crippen molar-refractivity contribution in [3.8, 4) is 5.75 Å². The van der Waals surface area contributed by atoms with Gasteiger partial charge in [0, 0.05) is 19.4 Å². The molecule has 0 unspecified atom stereocenters. The normalized spacial score (nSPS) is 12.1. The molecular formula is C16H18O4. The first-order chi connectivity index (χ1) is 9.70. The maximum atomic E-state index is 10.8. The number of esters is 1. The second kappa shape index (κ2) is 6.91. The number of hydrogen-bond acceptors (Lipinski definition) is 4. The Morgan fingerprint density at radius 3 is 2.60 bits per heavy atom. The molecule has 4 nitrogen and oxygen atoms in total. The van der Waals surface area contributed by atoms with Gasteiger partial charge in [-0.15, -0.1) is 0 Å². The molecule has 0 saturated heterocycles. The Hall–Kier alpha value is -2.07. The second-order valence-corrected chi connectivity index (χ2v) is 4.45. The van der Waals surface area contributed by atoms with Crippen LogP contribution in [0, 0.1) is 0 Å². The van der Waals surface area contributed by atoms with Gasteiger partial charge in [-0.25, -0.2) is 0 Å². The van der Waals surface area contributed by atoms with Crippen LogP contribution in [0.3, 0.4) is 0 Å². The van der Waals surface area contributed by atoms with E-state index in [1.54, 1.807) is 7.11 Å². The number of methoxy groups -OCH3 is 1. The molecule has 0 aliphatic carbocycles. The molecule has 0 amide bonds. The van der Waals surface area contributed by atoms with E-state index in [9.17, 15) is 4.79 Å². The molecule has 106 valence electrons. The Morgan fingerprint density at radius 2 is 1.85 bits per heavy atom. The molecule has 2 rings (SSSR count). The Labute approximate surface area is 118 Å². The summed E-state index contributed by atoms with van der Waals surface area (Å²) in [6.07, 6.45) is -0.280. The maximum absolute atomic E-state index is 10.8. The molecule has 0 saturated carbocycles. The first kappa shape index (κ1) is 14.3. The first-order valence-electron chi connectivity index (χ1n) is 6.47. The van der Waals surface area contributed by atoms with Crippen molar-refractivity contribution in [3.05, 3.63) is 42.5 Å². The highest BCUT2D eigenvalue weighted by Crippen LogP contribution is 2.25. The van der Waals surface area contributed by atoms with Gasteiger partial charge in [-0.1, -0.05) is 36.4 Å². The lowest BCUT2D eigenvalue weighted by Crippen LogP contribution is -2.26. The van der Waals surface area contributed by atoms with Gasteiger partial charge >= 0.3 is 5.97 Å². The first-order valence-corrected chi connectivity index (χ1v) is 6.47. The van der Waals surface area contributed by atoms with Crippen LogP contribution in [-0.2, 0) is 14.3 Å². The number of benzene rings is 2. The standard InChI is InChI=1S/C16H18O4/c1-12(17)19-10-14(18-2)11-20-16-9-5-7-13-6-3-4-8-15(13)16/h3-9,14H,10-11H2,1-2H3/t14-/m0/s1. The molecule has 0 fully saturated rings. The molecule has 0 aliphatic heterocycles. The second-order valence-electron chi connectivity index (χ2n) is 4.45. The van der Waals surface area contributed by atoms with E-state index < -0.39 is 0 Å². The average Bonchev–Trinajstić information content (AvgIpc) is 2.47. The van der Waals surface area contributed by atoms with E-state index in [0.717, 1.165) is 16.5 Å². The van der Waals surface area contributed by atoms with Gasteiger partial charge in [-0.3, -0.25) is 4.79 Å². The number of carbonyl (C=O) groups is 1. The van der Waals surface area contributed by atoms with E-state index in [-0.39, 0.29) is 18.7 Å². The van der Waals surface area contributed by atoms with Crippen molar-refractivity contribution in [2.24, 2.45) is 0 Å². The van der Waals surface area contributed by atoms with Gasteiger partial charge in [0.2, 0.25) is 0 Å². The minimum atomic E-state index is -0.322. The summed E-state index contributed by atoms with van der Waals surface area (Å²) < 4.78 is 15.9. The van der Waals surface area contributed by atoms with Crippen LogP contribution in [0.25, 0.3) is 10.8 Å². The van der Waals surface area contributed by atoms with E-state index in [2.05, 4.69) is 0 Å². The summed E-state index contributed by atoms with van der Waals surface area (Å²) in [6.45, 7) is 1.90. The van der Waals surface area contributed by atoms with Gasteiger partial charge in [-0.2, -0.15) is 0 Å². The quantitative estimate of drug-likeness (QED) is 0.760. The fraction of sp³-hybridized carbons (Fsp3) is 0.312. The molecule has 0 radical (unpaired) electrons. The highest BCUT2D eigenvalue weighted by Gasteiger charge is 2.11. The van der Waals surface area contributed by atoms with E-state index >= 15 is 0 Å². The zero-order valence-corrected chi connectivity index (χ0v) is 11.7. The fourth-order valence-corrected chi connectivity index (χ4v) is 1.90. The van der Waals surface area contributed by atoms with Crippen molar-refractivity contribution in [1.82, 2.24) is 0 Å². The molecule has 0 heterocycles. The van der Waals surface area contributed by atoms with Crippen molar-refractivity contribution in [2.75, 3.05) is 20.3 Å². The molecule has 4 heteroatoms. The van der Waals surface area contributed by atoms with Crippen molar-refractivity contribution >= 4 is 16.7 Å². The predicted octanol–water partition coefficient (Wildman–Crippen LogP) is 2.80. The lowest BCUT2D eigenvalue weighted by atomic mass is 10.1. The van der Waals surface area contributed by atoms with Gasteiger partial charge in [0.15, 0.2) is 0 Å². The Bertz CT molecular complexity index is 574. The molecule has 20 heavy (non-hydrogen) atoms. The van der Waals surface area contributed by atoms with Crippen LogP contribution in [0.5, 0.6) is 5.75 Å². The van der Waals surface area contributed by atoms with E-state index in [1.165, 1.54) is 6.92 Å². The SMILES string of the molecule is CO[C@@H](COC(C)=O)COc1cccc2ccccc12. The molecule has 2 aromatic rings. The Kier molecular flexibility index (Phi) is 4.96. The molecule has 1 atom stereocenters. The number of ether oxygens (including phenoxy) is 3. The molecule has 0 spiro atoms. The summed E-state index contributed by atoms with van der Waals surface area (Å²) in [5.41, 5.74) is 0. The largest absolute Gasteiger partial charge is 0.490 e. The van der Waals surface area contributed by atoms with E-state index in [4.69, 9.17) is 14.2 Å². The summed E-state index contributed by atoms with van der Waals surface area (Å²) in [7, 11) is 1.57. The minimum absolute atomic E-state index is 0.191. The molecule has 0 aliphatic rings. The van der Waals surface area contributed by atoms with Crippen LogP contribution < -0.4 is 4.74 Å². The van der Waals surface area contributed by atoms with Crippen molar-refractivity contribution < 1.29 is 19.0 Å². The topological polar surface area (TPSA) is 44.8 Å². The fourth-order valence-electron chi connectivity index (χ4n) is 1.90. The molecule has 0 N–H and O–H groups in total. The van der Waals surface area contributed by atoms with Crippen LogP contribution in [0.4, 0.5) is 0 Å². The van der Waals surface area contributed by atoms with Crippen LogP contribution in [0.15, 0.2) is 42.5 Å². The number of carbonyl (C=O) groups excluding carboxylic acids is 1. The third-order valence-electron chi connectivity index (χ3n) is 2.98. The smallest absolute Gasteiger partial charge is 0.302 e. The van der Waals surface area contributed by atoms with Crippen LogP contribution in [0.1, 0.15) is 6.92 Å². The lowest BCUT2D eigenvalue weighted by Gasteiger charge is -2.16. The highest BCUT2D eigenvalue weighted by atomic mass is 16.6. The van der Waals surface area contributed by atoms with Gasteiger partial charge in [0.05, 0.1) is 0 Å². The molecule has 0 aromatic heterocycles. The maximum Gasteiger partial charge on any atom is 0.302 e. The van der Waals surface area contributed by atoms with Gasteiger partial charge in [-0.05, 0) is 11.5 Å². The minimum Gasteiger partial charge on any atom is -0.490 e. The summed E-state index contributed by atoms with van der Waals surface area (Å²) in [4.78, 5) is 10.8. The van der Waals surface area contributed by atoms with Gasteiger partial charge < -0.3 is 14.2 Å². The predicted molar refractivity (Wildman–Crippen MR) is 76.9 cm³/mol. The lowest BCUT2D eigenvalue weighted by molar-refractivity contribution is -0.145. The van der Waals surface area contributed by atoms with Crippen LogP contribution >= 0.6 is 0 Å². The number of rotatable bonds is 6. The van der Waals surface area contributed by atoms with Crippen molar-refractivity contribution in [2.45, 2.75) is 13.0 Å². The summed E-state index contributed by atoms with van der Waals surface area (Å²) >= 11 is 0. The molecule has 0 bridgehead atoms. The number of fused-ring (bicyclic) bond motifs is 1. The zero-order chi connectivity index (χ0) is 14.4. The third kappa shape index (κ3) is 3.71. The monoisotopic (exact) mass is 274 g/mol. The summed E-state index contributed by atoms with van der Waals surface area (Å²) in [6, 6.07) is 13.9. The van der Waals surface area contributed by atoms with Crippen LogP contribution in [-0.4, -0.2) is 32.4 Å². The van der Waals surface area contributed by atoms with E-state index in [0.29, 0.717) is 6.61 Å².